The molecule has 0 aromatic heterocycles. The molecular weight excluding hydrogens is 313 g/mol. The number of nitrogens with zero attached hydrogens (tertiary/aromatic N) is 2. The molecule has 0 amide bonds. The molecule has 1 aliphatic rings. The minimum atomic E-state index is -0.353. The van der Waals surface area contributed by atoms with Crippen LogP contribution >= 0.6 is 12.2 Å². The first-order chi connectivity index (χ1) is 10.9. The van der Waals surface area contributed by atoms with Crippen molar-refractivity contribution in [1.29, 1.82) is 0 Å². The fourth-order valence-electron chi connectivity index (χ4n) is 2.47. The van der Waals surface area contributed by atoms with E-state index in [0.717, 1.165) is 18.7 Å². The molecule has 0 atom stereocenters. The van der Waals surface area contributed by atoms with Gasteiger partial charge in [0.05, 0.1) is 5.69 Å². The molecule has 1 N–H and O–H groups in total. The van der Waals surface area contributed by atoms with Crippen molar-refractivity contribution in [2.45, 2.75) is 13.8 Å². The lowest BCUT2D eigenvalue weighted by molar-refractivity contribution is 0.101. The van der Waals surface area contributed by atoms with Gasteiger partial charge in [-0.1, -0.05) is 12.2 Å². The molecule has 1 heterocycles. The van der Waals surface area contributed by atoms with Crippen molar-refractivity contribution < 1.29 is 9.18 Å². The zero-order valence-corrected chi connectivity index (χ0v) is 14.4. The minimum Gasteiger partial charge on any atom is -0.366 e. The van der Waals surface area contributed by atoms with Crippen LogP contribution in [-0.4, -0.2) is 48.5 Å². The van der Waals surface area contributed by atoms with Crippen molar-refractivity contribution >= 4 is 28.8 Å². The number of Topliss-reactive ketones (excluding diaryl/α,β-unsaturated/α-hetero) is 1. The number of carbonyl (C=O) groups is 1. The second kappa shape index (κ2) is 7.55. The summed E-state index contributed by atoms with van der Waals surface area (Å²) < 4.78 is 14.2. The molecule has 1 saturated heterocycles. The van der Waals surface area contributed by atoms with Crippen LogP contribution in [0.15, 0.2) is 30.4 Å². The van der Waals surface area contributed by atoms with Gasteiger partial charge in [0.25, 0.3) is 0 Å². The van der Waals surface area contributed by atoms with Gasteiger partial charge in [-0.3, -0.25) is 4.79 Å². The van der Waals surface area contributed by atoms with Crippen LogP contribution in [0.25, 0.3) is 0 Å². The second-order valence-electron chi connectivity index (χ2n) is 5.81. The Hall–Kier alpha value is -1.95. The summed E-state index contributed by atoms with van der Waals surface area (Å²) in [4.78, 5) is 15.4. The molecule has 1 aromatic carbocycles. The first-order valence-corrected chi connectivity index (χ1v) is 8.02. The Morgan fingerprint density at radius 2 is 1.96 bits per heavy atom. The quantitative estimate of drug-likeness (QED) is 0.520. The standard InChI is InChI=1S/C17H22FN3OS/c1-12(2)11-19-17(23)21-8-6-20(7-9-21)16-5-4-14(13(3)22)10-15(16)18/h4-5,10H,1,6-9,11H2,2-3H3,(H,19,23). The summed E-state index contributed by atoms with van der Waals surface area (Å²) >= 11 is 5.36. The maximum atomic E-state index is 14.2. The number of ketones is 1. The highest BCUT2D eigenvalue weighted by Gasteiger charge is 2.21. The van der Waals surface area contributed by atoms with Gasteiger partial charge in [-0.25, -0.2) is 4.39 Å². The maximum Gasteiger partial charge on any atom is 0.169 e. The highest BCUT2D eigenvalue weighted by Crippen LogP contribution is 2.22. The number of halogens is 1. The third-order valence-electron chi connectivity index (χ3n) is 3.80. The summed E-state index contributed by atoms with van der Waals surface area (Å²) in [7, 11) is 0. The van der Waals surface area contributed by atoms with Gasteiger partial charge in [0, 0.05) is 38.3 Å². The molecule has 0 radical (unpaired) electrons. The largest absolute Gasteiger partial charge is 0.366 e. The van der Waals surface area contributed by atoms with Gasteiger partial charge in [-0.05, 0) is 44.3 Å². The fraction of sp³-hybridized carbons (Fsp3) is 0.412. The Kier molecular flexibility index (Phi) is 5.71. The van der Waals surface area contributed by atoms with Crippen molar-refractivity contribution in [2.24, 2.45) is 0 Å². The Labute approximate surface area is 142 Å². The molecule has 1 aromatic rings. The first-order valence-electron chi connectivity index (χ1n) is 7.61. The number of carbonyl (C=O) groups excluding carboxylic acids is 1. The van der Waals surface area contributed by atoms with E-state index in [9.17, 15) is 9.18 Å². The summed E-state index contributed by atoms with van der Waals surface area (Å²) in [5, 5.41) is 3.87. The predicted octanol–water partition coefficient (Wildman–Crippen LogP) is 2.60. The third-order valence-corrected chi connectivity index (χ3v) is 4.21. The molecule has 0 bridgehead atoms. The second-order valence-corrected chi connectivity index (χ2v) is 6.20. The summed E-state index contributed by atoms with van der Waals surface area (Å²) in [5.41, 5.74) is 1.96. The van der Waals surface area contributed by atoms with E-state index >= 15 is 0 Å². The van der Waals surface area contributed by atoms with E-state index in [4.69, 9.17) is 12.2 Å². The van der Waals surface area contributed by atoms with Crippen LogP contribution in [0.1, 0.15) is 24.2 Å². The maximum absolute atomic E-state index is 14.2. The molecule has 0 saturated carbocycles. The van der Waals surface area contributed by atoms with E-state index in [1.165, 1.54) is 13.0 Å². The van der Waals surface area contributed by atoms with Crippen LogP contribution in [0.4, 0.5) is 10.1 Å². The van der Waals surface area contributed by atoms with E-state index in [1.54, 1.807) is 12.1 Å². The van der Waals surface area contributed by atoms with Gasteiger partial charge in [0.15, 0.2) is 10.9 Å². The van der Waals surface area contributed by atoms with Crippen LogP contribution in [0, 0.1) is 5.82 Å². The summed E-state index contributed by atoms with van der Waals surface area (Å²) in [6.07, 6.45) is 0. The van der Waals surface area contributed by atoms with Crippen LogP contribution in [0.2, 0.25) is 0 Å². The molecule has 4 nitrogen and oxygen atoms in total. The van der Waals surface area contributed by atoms with Crippen molar-refractivity contribution in [3.8, 4) is 0 Å². The molecule has 124 valence electrons. The van der Waals surface area contributed by atoms with Gasteiger partial charge < -0.3 is 15.1 Å². The zero-order valence-electron chi connectivity index (χ0n) is 13.6. The van der Waals surface area contributed by atoms with Gasteiger partial charge in [0.2, 0.25) is 0 Å². The van der Waals surface area contributed by atoms with Crippen molar-refractivity contribution in [3.05, 3.63) is 41.7 Å². The molecule has 23 heavy (non-hydrogen) atoms. The van der Waals surface area contributed by atoms with Crippen LogP contribution in [-0.2, 0) is 0 Å². The number of thiocarbonyl (C=S) groups is 1. The number of hydrogen-bond donors (Lipinski definition) is 1. The summed E-state index contributed by atoms with van der Waals surface area (Å²) in [6.45, 7) is 10.7. The van der Waals surface area contributed by atoms with E-state index in [0.29, 0.717) is 36.0 Å². The van der Waals surface area contributed by atoms with E-state index in [1.807, 2.05) is 11.8 Å². The molecule has 0 aliphatic carbocycles. The molecule has 1 fully saturated rings. The van der Waals surface area contributed by atoms with Gasteiger partial charge in [-0.15, -0.1) is 0 Å². The van der Waals surface area contributed by atoms with E-state index in [-0.39, 0.29) is 11.6 Å². The Morgan fingerprint density at radius 3 is 2.48 bits per heavy atom. The summed E-state index contributed by atoms with van der Waals surface area (Å²) in [5.74, 6) is -0.483. The normalized spacial score (nSPS) is 14.6. The lowest BCUT2D eigenvalue weighted by Crippen LogP contribution is -2.52. The fourth-order valence-corrected chi connectivity index (χ4v) is 2.73. The highest BCUT2D eigenvalue weighted by molar-refractivity contribution is 7.80. The SMILES string of the molecule is C=C(C)CNC(=S)N1CCN(c2ccc(C(C)=O)cc2F)CC1. The molecule has 0 unspecified atom stereocenters. The Bertz CT molecular complexity index is 624. The number of benzene rings is 1. The first kappa shape index (κ1) is 17.4. The number of nitrogens with one attached hydrogen (secondary N) is 1. The molecule has 6 heteroatoms. The lowest BCUT2D eigenvalue weighted by Gasteiger charge is -2.37. The molecular formula is C17H22FN3OS. The topological polar surface area (TPSA) is 35.6 Å². The van der Waals surface area contributed by atoms with Gasteiger partial charge >= 0.3 is 0 Å². The molecule has 1 aliphatic heterocycles. The number of anilines is 1. The number of piperazine rings is 1. The predicted molar refractivity (Wildman–Crippen MR) is 95.6 cm³/mol. The molecule has 0 spiro atoms. The zero-order chi connectivity index (χ0) is 17.0. The van der Waals surface area contributed by atoms with Crippen molar-refractivity contribution in [3.63, 3.8) is 0 Å². The van der Waals surface area contributed by atoms with Gasteiger partial charge in [0.1, 0.15) is 5.82 Å². The highest BCUT2D eigenvalue weighted by atomic mass is 32.1. The monoisotopic (exact) mass is 335 g/mol. The minimum absolute atomic E-state index is 0.130. The van der Waals surface area contributed by atoms with Crippen molar-refractivity contribution in [2.75, 3.05) is 37.6 Å². The number of hydrogen-bond acceptors (Lipinski definition) is 3. The van der Waals surface area contributed by atoms with Gasteiger partial charge in [-0.2, -0.15) is 0 Å². The summed E-state index contributed by atoms with van der Waals surface area (Å²) in [6, 6.07) is 4.66. The lowest BCUT2D eigenvalue weighted by atomic mass is 10.1. The smallest absolute Gasteiger partial charge is 0.169 e. The average Bonchev–Trinajstić information content (AvgIpc) is 2.52. The third kappa shape index (κ3) is 4.51. The van der Waals surface area contributed by atoms with E-state index in [2.05, 4.69) is 16.8 Å². The Morgan fingerprint density at radius 1 is 1.30 bits per heavy atom. The van der Waals surface area contributed by atoms with Crippen LogP contribution < -0.4 is 10.2 Å². The van der Waals surface area contributed by atoms with Crippen LogP contribution in [0.3, 0.4) is 0 Å². The van der Waals surface area contributed by atoms with Crippen molar-refractivity contribution in [1.82, 2.24) is 10.2 Å². The van der Waals surface area contributed by atoms with Crippen LogP contribution in [0.5, 0.6) is 0 Å². The average molecular weight is 335 g/mol. The Balaban J connectivity index is 1.95. The number of rotatable bonds is 4. The van der Waals surface area contributed by atoms with E-state index < -0.39 is 0 Å². The molecule has 2 rings (SSSR count).